The van der Waals surface area contributed by atoms with Crippen molar-refractivity contribution in [2.24, 2.45) is 4.99 Å². The molecule has 0 bridgehead atoms. The van der Waals surface area contributed by atoms with Crippen molar-refractivity contribution in [3.63, 3.8) is 0 Å². The van der Waals surface area contributed by atoms with E-state index in [9.17, 15) is 13.2 Å². The van der Waals surface area contributed by atoms with Gasteiger partial charge in [0.25, 0.3) is 5.91 Å². The lowest BCUT2D eigenvalue weighted by molar-refractivity contribution is -0.117. The molecule has 0 aliphatic carbocycles. The fraction of sp³-hybridized carbons (Fsp3) is 0.368. The number of carbonyl (C=O) groups excluding carboxylic acids is 1. The molecule has 4 rings (SSSR count). The molecule has 1 aromatic heterocycles. The van der Waals surface area contributed by atoms with Crippen LogP contribution in [-0.4, -0.2) is 54.3 Å². The summed E-state index contributed by atoms with van der Waals surface area (Å²) in [5, 5.41) is 2.47. The van der Waals surface area contributed by atoms with Crippen LogP contribution >= 0.6 is 23.1 Å². The lowest BCUT2D eigenvalue weighted by Gasteiger charge is -2.24. The molecule has 6 nitrogen and oxygen atoms in total. The van der Waals surface area contributed by atoms with Gasteiger partial charge >= 0.3 is 0 Å². The third-order valence-electron chi connectivity index (χ3n) is 4.79. The van der Waals surface area contributed by atoms with Gasteiger partial charge in [-0.05, 0) is 29.1 Å². The van der Waals surface area contributed by atoms with Crippen LogP contribution in [0.5, 0.6) is 5.75 Å². The van der Waals surface area contributed by atoms with Gasteiger partial charge < -0.3 is 9.64 Å². The summed E-state index contributed by atoms with van der Waals surface area (Å²) in [5.74, 6) is 0.776. The molecular weight excluding hydrogens is 416 g/mol. The minimum absolute atomic E-state index is 0.0797. The van der Waals surface area contributed by atoms with Gasteiger partial charge in [0.15, 0.2) is 15.0 Å². The summed E-state index contributed by atoms with van der Waals surface area (Å²) in [5.41, 5.74) is 0.989. The first kappa shape index (κ1) is 19.5. The number of benzene rings is 1. The largest absolute Gasteiger partial charge is 0.497 e. The minimum atomic E-state index is -3.06. The molecule has 2 aliphatic rings. The summed E-state index contributed by atoms with van der Waals surface area (Å²) in [6.45, 7) is 0.492. The topological polar surface area (TPSA) is 76.0 Å². The maximum Gasteiger partial charge on any atom is 0.253 e. The number of fused-ring (bicyclic) bond motifs is 1. The molecular formula is C19H20N2O4S3. The predicted molar refractivity (Wildman–Crippen MR) is 113 cm³/mol. The number of methoxy groups -OCH3 is 1. The Morgan fingerprint density at radius 3 is 2.89 bits per heavy atom. The molecule has 2 fully saturated rings. The van der Waals surface area contributed by atoms with Gasteiger partial charge in [-0.1, -0.05) is 30.0 Å². The van der Waals surface area contributed by atoms with E-state index in [0.717, 1.165) is 16.2 Å². The first-order valence-corrected chi connectivity index (χ1v) is 12.4. The van der Waals surface area contributed by atoms with Crippen molar-refractivity contribution < 1.29 is 17.9 Å². The summed E-state index contributed by atoms with van der Waals surface area (Å²) in [7, 11) is -1.45. The van der Waals surface area contributed by atoms with E-state index in [2.05, 4.69) is 4.99 Å². The van der Waals surface area contributed by atoms with Gasteiger partial charge in [-0.3, -0.25) is 4.79 Å². The number of amidine groups is 1. The fourth-order valence-electron chi connectivity index (χ4n) is 3.50. The van der Waals surface area contributed by atoms with Crippen LogP contribution in [0, 0.1) is 0 Å². The second-order valence-corrected chi connectivity index (χ2v) is 11.2. The Morgan fingerprint density at radius 1 is 1.29 bits per heavy atom. The zero-order chi connectivity index (χ0) is 19.7. The molecule has 28 heavy (non-hydrogen) atoms. The number of aliphatic imine (C=N–C) groups is 1. The Kier molecular flexibility index (Phi) is 5.48. The van der Waals surface area contributed by atoms with Crippen LogP contribution < -0.4 is 4.74 Å². The van der Waals surface area contributed by atoms with Crippen LogP contribution in [0.3, 0.4) is 0 Å². The minimum Gasteiger partial charge on any atom is -0.497 e. The molecule has 3 heterocycles. The highest BCUT2D eigenvalue weighted by molar-refractivity contribution is 8.15. The maximum atomic E-state index is 12.5. The van der Waals surface area contributed by atoms with Gasteiger partial charge in [0, 0.05) is 16.7 Å². The Morgan fingerprint density at radius 2 is 2.14 bits per heavy atom. The molecule has 0 radical (unpaired) electrons. The van der Waals surface area contributed by atoms with E-state index >= 15 is 0 Å². The number of rotatable bonds is 5. The Balaban J connectivity index is 1.59. The first-order chi connectivity index (χ1) is 13.4. The predicted octanol–water partition coefficient (Wildman–Crippen LogP) is 2.60. The van der Waals surface area contributed by atoms with Crippen molar-refractivity contribution in [2.45, 2.75) is 24.3 Å². The summed E-state index contributed by atoms with van der Waals surface area (Å²) >= 11 is 2.94. The molecule has 0 spiro atoms. The Hall–Kier alpha value is -1.84. The first-order valence-electron chi connectivity index (χ1n) is 8.84. The smallest absolute Gasteiger partial charge is 0.253 e. The van der Waals surface area contributed by atoms with E-state index in [0.29, 0.717) is 11.7 Å². The number of amides is 1. The van der Waals surface area contributed by atoms with Gasteiger partial charge in [0.05, 0.1) is 31.1 Å². The molecule has 2 saturated heterocycles. The van der Waals surface area contributed by atoms with Crippen LogP contribution in [0.2, 0.25) is 0 Å². The number of thiophene rings is 1. The number of sulfone groups is 1. The Bertz CT molecular complexity index is 1000. The lowest BCUT2D eigenvalue weighted by Crippen LogP contribution is -2.37. The summed E-state index contributed by atoms with van der Waals surface area (Å²) in [4.78, 5) is 19.7. The van der Waals surface area contributed by atoms with Crippen molar-refractivity contribution in [1.29, 1.82) is 0 Å². The zero-order valence-electron chi connectivity index (χ0n) is 15.3. The molecule has 2 aromatic rings. The number of nitrogens with zero attached hydrogens (tertiary/aromatic N) is 2. The van der Waals surface area contributed by atoms with Crippen LogP contribution in [-0.2, 0) is 27.6 Å². The van der Waals surface area contributed by atoms with Crippen LogP contribution in [0.4, 0.5) is 0 Å². The highest BCUT2D eigenvalue weighted by Crippen LogP contribution is 2.39. The summed E-state index contributed by atoms with van der Waals surface area (Å²) < 4.78 is 29.5. The molecule has 2 aliphatic heterocycles. The molecule has 1 aromatic carbocycles. The van der Waals surface area contributed by atoms with Crippen molar-refractivity contribution in [3.8, 4) is 5.75 Å². The zero-order valence-corrected chi connectivity index (χ0v) is 17.7. The molecule has 148 valence electrons. The third kappa shape index (κ3) is 4.26. The van der Waals surface area contributed by atoms with Crippen molar-refractivity contribution in [1.82, 2.24) is 4.90 Å². The van der Waals surface area contributed by atoms with Gasteiger partial charge in [-0.2, -0.15) is 4.99 Å². The van der Waals surface area contributed by atoms with E-state index < -0.39 is 9.84 Å². The van der Waals surface area contributed by atoms with E-state index in [1.807, 2.05) is 46.7 Å². The fourth-order valence-corrected chi connectivity index (χ4v) is 8.16. The second-order valence-electron chi connectivity index (χ2n) is 6.82. The van der Waals surface area contributed by atoms with Crippen LogP contribution in [0.15, 0.2) is 46.8 Å². The average Bonchev–Trinajstić information content (AvgIpc) is 3.32. The quantitative estimate of drug-likeness (QED) is 0.717. The standard InChI is InChI=1S/C19H20N2O4S3/c1-25-14-5-2-4-13(8-14)10-21-16-11-28(23,24)12-17(16)27-19(21)20-18(22)9-15-6-3-7-26-15/h2-8,16-17H,9-12H2,1H3/t16-,17+/m1/s1. The van der Waals surface area contributed by atoms with Crippen molar-refractivity contribution in [2.75, 3.05) is 18.6 Å². The number of hydrogen-bond acceptors (Lipinski definition) is 6. The van der Waals surface area contributed by atoms with Crippen molar-refractivity contribution in [3.05, 3.63) is 52.2 Å². The van der Waals surface area contributed by atoms with Gasteiger partial charge in [0.1, 0.15) is 5.75 Å². The van der Waals surface area contributed by atoms with E-state index in [-0.39, 0.29) is 35.1 Å². The maximum absolute atomic E-state index is 12.5. The number of carbonyl (C=O) groups is 1. The second kappa shape index (κ2) is 7.88. The van der Waals surface area contributed by atoms with Crippen molar-refractivity contribution >= 4 is 44.0 Å². The van der Waals surface area contributed by atoms with E-state index in [1.165, 1.54) is 23.1 Å². The van der Waals surface area contributed by atoms with Gasteiger partial charge in [-0.15, -0.1) is 11.3 Å². The highest BCUT2D eigenvalue weighted by atomic mass is 32.2. The number of thioether (sulfide) groups is 1. The third-order valence-corrected chi connectivity index (χ3v) is 8.91. The molecule has 2 atom stereocenters. The Labute approximate surface area is 172 Å². The lowest BCUT2D eigenvalue weighted by atomic mass is 10.1. The summed E-state index contributed by atoms with van der Waals surface area (Å²) in [6, 6.07) is 11.3. The average molecular weight is 437 g/mol. The molecule has 1 amide bonds. The SMILES string of the molecule is COc1cccc(CN2C(=NC(=O)Cc3cccs3)S[C@H]3CS(=O)(=O)C[C@H]32)c1. The molecule has 9 heteroatoms. The van der Waals surface area contributed by atoms with E-state index in [1.54, 1.807) is 7.11 Å². The number of ether oxygens (including phenoxy) is 1. The van der Waals surface area contributed by atoms with Gasteiger partial charge in [-0.25, -0.2) is 8.42 Å². The molecule has 0 N–H and O–H groups in total. The van der Waals surface area contributed by atoms with Crippen LogP contribution in [0.25, 0.3) is 0 Å². The van der Waals surface area contributed by atoms with Crippen LogP contribution in [0.1, 0.15) is 10.4 Å². The molecule has 0 saturated carbocycles. The number of hydrogen-bond donors (Lipinski definition) is 0. The highest BCUT2D eigenvalue weighted by Gasteiger charge is 2.48. The monoisotopic (exact) mass is 436 g/mol. The normalized spacial score (nSPS) is 24.5. The van der Waals surface area contributed by atoms with E-state index in [4.69, 9.17) is 4.74 Å². The molecule has 0 unspecified atom stereocenters. The summed E-state index contributed by atoms with van der Waals surface area (Å²) in [6.07, 6.45) is 0.266. The van der Waals surface area contributed by atoms with Gasteiger partial charge in [0.2, 0.25) is 0 Å².